The van der Waals surface area contributed by atoms with Crippen molar-refractivity contribution in [3.63, 3.8) is 0 Å². The fourth-order valence-corrected chi connectivity index (χ4v) is 4.97. The lowest BCUT2D eigenvalue weighted by molar-refractivity contribution is 0.0624. The first-order valence-corrected chi connectivity index (χ1v) is 12.7. The topological polar surface area (TPSA) is 53.1 Å². The van der Waals surface area contributed by atoms with Gasteiger partial charge in [-0.3, -0.25) is 14.5 Å². The van der Waals surface area contributed by atoms with Crippen LogP contribution in [-0.2, 0) is 0 Å². The lowest BCUT2D eigenvalue weighted by Crippen LogP contribution is -2.49. The molecule has 2 fully saturated rings. The second-order valence-electron chi connectivity index (χ2n) is 9.23. The predicted molar refractivity (Wildman–Crippen MR) is 135 cm³/mol. The van der Waals surface area contributed by atoms with Crippen LogP contribution >= 0.6 is 11.6 Å². The summed E-state index contributed by atoms with van der Waals surface area (Å²) in [5.41, 5.74) is 1.29. The van der Waals surface area contributed by atoms with E-state index < -0.39 is 0 Å². The maximum absolute atomic E-state index is 12.8. The highest BCUT2D eigenvalue weighted by Crippen LogP contribution is 2.26. The highest BCUT2D eigenvalue weighted by Gasteiger charge is 2.24. The van der Waals surface area contributed by atoms with Crippen molar-refractivity contribution in [1.29, 1.82) is 0 Å². The van der Waals surface area contributed by atoms with Crippen LogP contribution in [0.1, 0.15) is 46.9 Å². The van der Waals surface area contributed by atoms with Crippen LogP contribution in [0.3, 0.4) is 0 Å². The van der Waals surface area contributed by atoms with Crippen LogP contribution in [0.4, 0.5) is 0 Å². The first kappa shape index (κ1) is 24.7. The summed E-state index contributed by atoms with van der Waals surface area (Å²) in [6.07, 6.45) is 3.52. The summed E-state index contributed by atoms with van der Waals surface area (Å²) in [5, 5.41) is 0.471. The number of nitrogens with zero attached hydrogens (tertiary/aromatic N) is 3. The number of amides is 1. The second kappa shape index (κ2) is 11.8. The molecule has 1 unspecified atom stereocenters. The molecule has 0 saturated carbocycles. The summed E-state index contributed by atoms with van der Waals surface area (Å²) in [6, 6.07) is 15.3. The minimum absolute atomic E-state index is 0.0271. The highest BCUT2D eigenvalue weighted by atomic mass is 35.5. The fourth-order valence-electron chi connectivity index (χ4n) is 4.73. The van der Waals surface area contributed by atoms with Gasteiger partial charge >= 0.3 is 0 Å². The maximum atomic E-state index is 12.8. The van der Waals surface area contributed by atoms with Gasteiger partial charge in [-0.2, -0.15) is 0 Å². The number of carbonyl (C=O) groups is 2. The summed E-state index contributed by atoms with van der Waals surface area (Å²) in [4.78, 5) is 31.9. The van der Waals surface area contributed by atoms with Gasteiger partial charge in [0.25, 0.3) is 5.91 Å². The molecule has 4 rings (SSSR count). The van der Waals surface area contributed by atoms with E-state index in [1.165, 1.54) is 19.4 Å². The zero-order valence-corrected chi connectivity index (χ0v) is 20.7. The van der Waals surface area contributed by atoms with Crippen molar-refractivity contribution in [2.45, 2.75) is 32.2 Å². The molecule has 2 aromatic carbocycles. The fraction of sp³-hybridized carbons (Fsp3) is 0.481. The number of halogens is 1. The normalized spacial score (nSPS) is 19.4. The molecule has 34 heavy (non-hydrogen) atoms. The maximum Gasteiger partial charge on any atom is 0.253 e. The monoisotopic (exact) mass is 483 g/mol. The Hall–Kier alpha value is -2.41. The number of hydrogen-bond acceptors (Lipinski definition) is 5. The molecule has 0 aliphatic carbocycles. The molecule has 0 radical (unpaired) electrons. The lowest BCUT2D eigenvalue weighted by atomic mass is 10.1. The van der Waals surface area contributed by atoms with E-state index in [1.807, 2.05) is 35.2 Å². The Morgan fingerprint density at radius 1 is 1.00 bits per heavy atom. The number of hydrogen-bond donors (Lipinski definition) is 0. The number of rotatable bonds is 9. The molecule has 7 heteroatoms. The van der Waals surface area contributed by atoms with E-state index in [4.69, 9.17) is 16.3 Å². The van der Waals surface area contributed by atoms with Gasteiger partial charge in [-0.15, -0.1) is 0 Å². The molecule has 2 aromatic rings. The molecule has 182 valence electrons. The smallest absolute Gasteiger partial charge is 0.253 e. The molecule has 2 aliphatic heterocycles. The van der Waals surface area contributed by atoms with E-state index in [2.05, 4.69) is 16.7 Å². The van der Waals surface area contributed by atoms with Crippen LogP contribution in [0.15, 0.2) is 48.5 Å². The average molecular weight is 484 g/mol. The Balaban J connectivity index is 1.21. The third-order valence-electron chi connectivity index (χ3n) is 6.84. The number of likely N-dealkylation sites (tertiary alicyclic amines) is 1. The first-order chi connectivity index (χ1) is 16.5. The van der Waals surface area contributed by atoms with Crippen LogP contribution in [0.5, 0.6) is 5.75 Å². The van der Waals surface area contributed by atoms with Gasteiger partial charge in [-0.25, -0.2) is 0 Å². The van der Waals surface area contributed by atoms with Gasteiger partial charge in [0.15, 0.2) is 5.78 Å². The predicted octanol–water partition coefficient (Wildman–Crippen LogP) is 4.23. The number of carbonyl (C=O) groups excluding carboxylic acids is 2. The standard InChI is InChI=1S/C27H34ClN3O3/c1-21-7-5-12-30(21)13-6-18-34-26-11-10-23(19-24(26)28)25(32)20-29-14-16-31(17-15-29)27(33)22-8-3-2-4-9-22/h2-4,8-11,19,21H,5-7,12-18,20H2,1H3. The molecule has 0 bridgehead atoms. The molecule has 1 amide bonds. The van der Waals surface area contributed by atoms with Crippen molar-refractivity contribution < 1.29 is 14.3 Å². The van der Waals surface area contributed by atoms with Crippen molar-refractivity contribution in [2.75, 3.05) is 52.4 Å². The van der Waals surface area contributed by atoms with E-state index in [-0.39, 0.29) is 11.7 Å². The average Bonchev–Trinajstić information content (AvgIpc) is 3.27. The van der Waals surface area contributed by atoms with Crippen molar-refractivity contribution in [3.05, 3.63) is 64.7 Å². The van der Waals surface area contributed by atoms with E-state index in [1.54, 1.807) is 18.2 Å². The Labute approximate surface area is 207 Å². The number of ether oxygens (including phenoxy) is 1. The quantitative estimate of drug-likeness (QED) is 0.394. The summed E-state index contributed by atoms with van der Waals surface area (Å²) in [6.45, 7) is 8.01. The summed E-state index contributed by atoms with van der Waals surface area (Å²) < 4.78 is 5.87. The largest absolute Gasteiger partial charge is 0.492 e. The number of benzene rings is 2. The molecule has 0 aromatic heterocycles. The third-order valence-corrected chi connectivity index (χ3v) is 7.13. The molecule has 2 aliphatic rings. The van der Waals surface area contributed by atoms with E-state index in [0.717, 1.165) is 13.0 Å². The van der Waals surface area contributed by atoms with Crippen LogP contribution in [-0.4, -0.2) is 84.9 Å². The van der Waals surface area contributed by atoms with Crippen molar-refractivity contribution >= 4 is 23.3 Å². The van der Waals surface area contributed by atoms with E-state index in [9.17, 15) is 9.59 Å². The zero-order valence-electron chi connectivity index (χ0n) is 19.9. The van der Waals surface area contributed by atoms with Gasteiger partial charge in [0.2, 0.25) is 0 Å². The van der Waals surface area contributed by atoms with Crippen LogP contribution < -0.4 is 4.74 Å². The molecule has 2 saturated heterocycles. The van der Waals surface area contributed by atoms with Crippen LogP contribution in [0.25, 0.3) is 0 Å². The molecular weight excluding hydrogens is 450 g/mol. The second-order valence-corrected chi connectivity index (χ2v) is 9.64. The van der Waals surface area contributed by atoms with Crippen molar-refractivity contribution in [3.8, 4) is 5.75 Å². The van der Waals surface area contributed by atoms with Gasteiger partial charge < -0.3 is 14.5 Å². The Kier molecular flexibility index (Phi) is 8.59. The molecule has 0 spiro atoms. The molecule has 6 nitrogen and oxygen atoms in total. The Morgan fingerprint density at radius 3 is 2.44 bits per heavy atom. The minimum Gasteiger partial charge on any atom is -0.492 e. The minimum atomic E-state index is 0.0271. The summed E-state index contributed by atoms with van der Waals surface area (Å²) in [5.74, 6) is 0.698. The molecule has 0 N–H and O–H groups in total. The van der Waals surface area contributed by atoms with Gasteiger partial charge in [-0.05, 0) is 63.1 Å². The highest BCUT2D eigenvalue weighted by molar-refractivity contribution is 6.32. The third kappa shape index (κ3) is 6.38. The number of piperazine rings is 1. The molecule has 1 atom stereocenters. The van der Waals surface area contributed by atoms with E-state index in [0.29, 0.717) is 67.3 Å². The van der Waals surface area contributed by atoms with E-state index >= 15 is 0 Å². The van der Waals surface area contributed by atoms with Crippen molar-refractivity contribution in [1.82, 2.24) is 14.7 Å². The Morgan fingerprint density at radius 2 is 1.76 bits per heavy atom. The number of Topliss-reactive ketones (excluding diaryl/α,β-unsaturated/α-hetero) is 1. The van der Waals surface area contributed by atoms with Crippen molar-refractivity contribution in [2.24, 2.45) is 0 Å². The van der Waals surface area contributed by atoms with Gasteiger partial charge in [0.05, 0.1) is 18.2 Å². The summed E-state index contributed by atoms with van der Waals surface area (Å²) >= 11 is 6.41. The van der Waals surface area contributed by atoms with Gasteiger partial charge in [0, 0.05) is 49.9 Å². The molecular formula is C27H34ClN3O3. The molecule has 2 heterocycles. The summed E-state index contributed by atoms with van der Waals surface area (Å²) in [7, 11) is 0. The van der Waals surface area contributed by atoms with Gasteiger partial charge in [-0.1, -0.05) is 29.8 Å². The lowest BCUT2D eigenvalue weighted by Gasteiger charge is -2.34. The number of ketones is 1. The van der Waals surface area contributed by atoms with Crippen LogP contribution in [0, 0.1) is 0 Å². The first-order valence-electron chi connectivity index (χ1n) is 12.3. The van der Waals surface area contributed by atoms with Gasteiger partial charge in [0.1, 0.15) is 5.75 Å². The van der Waals surface area contributed by atoms with Crippen LogP contribution in [0.2, 0.25) is 5.02 Å². The zero-order chi connectivity index (χ0) is 23.9. The SMILES string of the molecule is CC1CCCN1CCCOc1ccc(C(=O)CN2CCN(C(=O)c3ccccc3)CC2)cc1Cl. The Bertz CT molecular complexity index is 976.